The molecule has 0 atom stereocenters. The Morgan fingerprint density at radius 1 is 1.00 bits per heavy atom. The van der Waals surface area contributed by atoms with Gasteiger partial charge >= 0.3 is 0 Å². The Balaban J connectivity index is 1.58. The lowest BCUT2D eigenvalue weighted by Gasteiger charge is -2.36. The van der Waals surface area contributed by atoms with Crippen molar-refractivity contribution in [2.75, 3.05) is 44.8 Å². The SMILES string of the molecule is COc1ccccc1N1CCN(C(=O)c2ccc(OCC(C)C)cc2)CC1. The molecule has 144 valence electrons. The van der Waals surface area contributed by atoms with Crippen LogP contribution in [-0.2, 0) is 0 Å². The number of carbonyl (C=O) groups excluding carboxylic acids is 1. The number of carbonyl (C=O) groups is 1. The fraction of sp³-hybridized carbons (Fsp3) is 0.409. The number of methoxy groups -OCH3 is 1. The molecule has 3 rings (SSSR count). The second-order valence-corrected chi connectivity index (χ2v) is 7.18. The number of nitrogens with zero attached hydrogens (tertiary/aromatic N) is 2. The number of ether oxygens (including phenoxy) is 2. The highest BCUT2D eigenvalue weighted by molar-refractivity contribution is 5.94. The van der Waals surface area contributed by atoms with Crippen molar-refractivity contribution in [3.8, 4) is 11.5 Å². The largest absolute Gasteiger partial charge is 0.495 e. The third-order valence-electron chi connectivity index (χ3n) is 4.68. The van der Waals surface area contributed by atoms with Crippen LogP contribution < -0.4 is 14.4 Å². The van der Waals surface area contributed by atoms with Gasteiger partial charge in [-0.25, -0.2) is 0 Å². The van der Waals surface area contributed by atoms with Gasteiger partial charge < -0.3 is 19.3 Å². The lowest BCUT2D eigenvalue weighted by atomic mass is 10.1. The van der Waals surface area contributed by atoms with Crippen LogP contribution in [0.3, 0.4) is 0 Å². The molecule has 1 amide bonds. The van der Waals surface area contributed by atoms with Gasteiger partial charge in [-0.3, -0.25) is 4.79 Å². The molecule has 5 nitrogen and oxygen atoms in total. The maximum Gasteiger partial charge on any atom is 0.253 e. The molecular weight excluding hydrogens is 340 g/mol. The number of piperazine rings is 1. The highest BCUT2D eigenvalue weighted by atomic mass is 16.5. The quantitative estimate of drug-likeness (QED) is 0.780. The molecule has 2 aromatic carbocycles. The van der Waals surface area contributed by atoms with Gasteiger partial charge in [0, 0.05) is 31.7 Å². The standard InChI is InChI=1S/C22H28N2O3/c1-17(2)16-27-19-10-8-18(9-11-19)22(25)24-14-12-23(13-15-24)20-6-4-5-7-21(20)26-3/h4-11,17H,12-16H2,1-3H3. The van der Waals surface area contributed by atoms with Crippen LogP contribution in [0.4, 0.5) is 5.69 Å². The topological polar surface area (TPSA) is 42.0 Å². The summed E-state index contributed by atoms with van der Waals surface area (Å²) in [6.07, 6.45) is 0. The maximum absolute atomic E-state index is 12.8. The smallest absolute Gasteiger partial charge is 0.253 e. The summed E-state index contributed by atoms with van der Waals surface area (Å²) in [5.41, 5.74) is 1.79. The first kappa shape index (κ1) is 19.1. The van der Waals surface area contributed by atoms with Crippen molar-refractivity contribution in [2.45, 2.75) is 13.8 Å². The van der Waals surface area contributed by atoms with Crippen LogP contribution in [0.15, 0.2) is 48.5 Å². The summed E-state index contributed by atoms with van der Waals surface area (Å²) in [4.78, 5) is 17.0. The number of rotatable bonds is 6. The number of benzene rings is 2. The summed E-state index contributed by atoms with van der Waals surface area (Å²) in [6.45, 7) is 7.89. The second kappa shape index (κ2) is 8.80. The summed E-state index contributed by atoms with van der Waals surface area (Å²) < 4.78 is 11.1. The van der Waals surface area contributed by atoms with E-state index < -0.39 is 0 Å². The minimum Gasteiger partial charge on any atom is -0.495 e. The Hall–Kier alpha value is -2.69. The van der Waals surface area contributed by atoms with E-state index in [1.54, 1.807) is 7.11 Å². The first-order valence-electron chi connectivity index (χ1n) is 9.48. The monoisotopic (exact) mass is 368 g/mol. The maximum atomic E-state index is 12.8. The minimum absolute atomic E-state index is 0.0742. The fourth-order valence-corrected chi connectivity index (χ4v) is 3.18. The molecule has 0 aromatic heterocycles. The summed E-state index contributed by atoms with van der Waals surface area (Å²) >= 11 is 0. The van der Waals surface area contributed by atoms with Crippen LogP contribution in [0.1, 0.15) is 24.2 Å². The van der Waals surface area contributed by atoms with Crippen LogP contribution >= 0.6 is 0 Å². The van der Waals surface area contributed by atoms with Crippen LogP contribution in [0.25, 0.3) is 0 Å². The Morgan fingerprint density at radius 2 is 1.67 bits per heavy atom. The summed E-state index contributed by atoms with van der Waals surface area (Å²) in [6, 6.07) is 15.5. The van der Waals surface area contributed by atoms with E-state index in [9.17, 15) is 4.79 Å². The van der Waals surface area contributed by atoms with E-state index in [2.05, 4.69) is 24.8 Å². The van der Waals surface area contributed by atoms with Crippen molar-refractivity contribution in [2.24, 2.45) is 5.92 Å². The predicted octanol–water partition coefficient (Wildman–Crippen LogP) is 3.69. The Labute approximate surface area is 161 Å². The summed E-state index contributed by atoms with van der Waals surface area (Å²) in [7, 11) is 1.69. The third kappa shape index (κ3) is 4.73. The molecule has 0 saturated carbocycles. The van der Waals surface area contributed by atoms with E-state index in [1.165, 1.54) is 0 Å². The summed E-state index contributed by atoms with van der Waals surface area (Å²) in [5.74, 6) is 2.23. The highest BCUT2D eigenvalue weighted by Gasteiger charge is 2.23. The molecule has 2 aromatic rings. The number of para-hydroxylation sites is 2. The first-order valence-corrected chi connectivity index (χ1v) is 9.48. The van der Waals surface area contributed by atoms with Gasteiger partial charge in [0.25, 0.3) is 5.91 Å². The Kier molecular flexibility index (Phi) is 6.22. The van der Waals surface area contributed by atoms with Crippen LogP contribution in [-0.4, -0.2) is 50.7 Å². The number of hydrogen-bond donors (Lipinski definition) is 0. The van der Waals surface area contributed by atoms with Gasteiger partial charge in [0.1, 0.15) is 11.5 Å². The van der Waals surface area contributed by atoms with Gasteiger partial charge in [0.15, 0.2) is 0 Å². The molecule has 27 heavy (non-hydrogen) atoms. The molecule has 0 spiro atoms. The van der Waals surface area contributed by atoms with Gasteiger partial charge in [0.2, 0.25) is 0 Å². The molecule has 1 aliphatic heterocycles. The van der Waals surface area contributed by atoms with E-state index >= 15 is 0 Å². The zero-order valence-electron chi connectivity index (χ0n) is 16.4. The number of anilines is 1. The summed E-state index contributed by atoms with van der Waals surface area (Å²) in [5, 5.41) is 0. The average Bonchev–Trinajstić information content (AvgIpc) is 2.72. The van der Waals surface area contributed by atoms with Crippen molar-refractivity contribution in [1.82, 2.24) is 4.90 Å². The molecule has 1 saturated heterocycles. The van der Waals surface area contributed by atoms with E-state index in [-0.39, 0.29) is 5.91 Å². The Morgan fingerprint density at radius 3 is 2.30 bits per heavy atom. The first-order chi connectivity index (χ1) is 13.1. The van der Waals surface area contributed by atoms with Crippen molar-refractivity contribution >= 4 is 11.6 Å². The van der Waals surface area contributed by atoms with Gasteiger partial charge in [-0.2, -0.15) is 0 Å². The molecule has 1 aliphatic rings. The normalized spacial score (nSPS) is 14.4. The lowest BCUT2D eigenvalue weighted by Crippen LogP contribution is -2.48. The molecule has 1 heterocycles. The highest BCUT2D eigenvalue weighted by Crippen LogP contribution is 2.28. The van der Waals surface area contributed by atoms with Crippen LogP contribution in [0.2, 0.25) is 0 Å². The van der Waals surface area contributed by atoms with E-state index in [4.69, 9.17) is 9.47 Å². The minimum atomic E-state index is 0.0742. The van der Waals surface area contributed by atoms with E-state index in [0.29, 0.717) is 31.2 Å². The van der Waals surface area contributed by atoms with Gasteiger partial charge in [-0.1, -0.05) is 26.0 Å². The number of amides is 1. The van der Waals surface area contributed by atoms with Gasteiger partial charge in [-0.15, -0.1) is 0 Å². The van der Waals surface area contributed by atoms with Crippen LogP contribution in [0.5, 0.6) is 11.5 Å². The van der Waals surface area contributed by atoms with E-state index in [0.717, 1.165) is 30.3 Å². The average molecular weight is 368 g/mol. The predicted molar refractivity (Wildman–Crippen MR) is 108 cm³/mol. The molecule has 5 heteroatoms. The zero-order valence-corrected chi connectivity index (χ0v) is 16.4. The van der Waals surface area contributed by atoms with Crippen molar-refractivity contribution in [3.05, 3.63) is 54.1 Å². The van der Waals surface area contributed by atoms with Crippen LogP contribution in [0, 0.1) is 5.92 Å². The second-order valence-electron chi connectivity index (χ2n) is 7.18. The fourth-order valence-electron chi connectivity index (χ4n) is 3.18. The van der Waals surface area contributed by atoms with Crippen molar-refractivity contribution in [1.29, 1.82) is 0 Å². The molecule has 0 radical (unpaired) electrons. The molecular formula is C22H28N2O3. The molecule has 0 aliphatic carbocycles. The molecule has 0 unspecified atom stereocenters. The van der Waals surface area contributed by atoms with Crippen molar-refractivity contribution in [3.63, 3.8) is 0 Å². The molecule has 0 N–H and O–H groups in total. The van der Waals surface area contributed by atoms with Crippen molar-refractivity contribution < 1.29 is 14.3 Å². The Bertz CT molecular complexity index is 750. The molecule has 1 fully saturated rings. The van der Waals surface area contributed by atoms with Gasteiger partial charge in [0.05, 0.1) is 19.4 Å². The molecule has 0 bridgehead atoms. The van der Waals surface area contributed by atoms with E-state index in [1.807, 2.05) is 47.4 Å². The zero-order chi connectivity index (χ0) is 19.2. The van der Waals surface area contributed by atoms with Gasteiger partial charge in [-0.05, 0) is 42.3 Å². The lowest BCUT2D eigenvalue weighted by molar-refractivity contribution is 0.0746. The number of hydrogen-bond acceptors (Lipinski definition) is 4. The third-order valence-corrected chi connectivity index (χ3v) is 4.68.